The van der Waals surface area contributed by atoms with Gasteiger partial charge in [0.15, 0.2) is 0 Å². The Bertz CT molecular complexity index is 912. The van der Waals surface area contributed by atoms with Crippen molar-refractivity contribution >= 4 is 15.9 Å². The number of aryl methyl sites for hydroxylation is 1. The molecule has 1 N–H and O–H groups in total. The molecular formula is C24H34N2O3S. The smallest absolute Gasteiger partial charge is 0.252 e. The fraction of sp³-hybridized carbons (Fsp3) is 0.708. The van der Waals surface area contributed by atoms with E-state index >= 15 is 0 Å². The average Bonchev–Trinajstić information content (AvgIpc) is 2.67. The summed E-state index contributed by atoms with van der Waals surface area (Å²) in [6.45, 7) is 5.19. The predicted molar refractivity (Wildman–Crippen MR) is 117 cm³/mol. The molecule has 1 aromatic rings. The van der Waals surface area contributed by atoms with Crippen molar-refractivity contribution in [2.24, 2.45) is 23.7 Å². The minimum absolute atomic E-state index is 0.0733. The molecule has 0 unspecified atom stereocenters. The Kier molecular flexibility index (Phi) is 5.01. The summed E-state index contributed by atoms with van der Waals surface area (Å²) in [6.07, 6.45) is 9.05. The zero-order chi connectivity index (χ0) is 21.1. The quantitative estimate of drug-likeness (QED) is 0.782. The number of hydrogen-bond acceptors (Lipinski definition) is 3. The average molecular weight is 431 g/mol. The summed E-state index contributed by atoms with van der Waals surface area (Å²) < 4.78 is 28.0. The van der Waals surface area contributed by atoms with Crippen LogP contribution in [0.4, 0.5) is 0 Å². The van der Waals surface area contributed by atoms with Crippen molar-refractivity contribution in [2.75, 3.05) is 13.1 Å². The molecule has 5 nitrogen and oxygen atoms in total. The van der Waals surface area contributed by atoms with Gasteiger partial charge < -0.3 is 5.32 Å². The van der Waals surface area contributed by atoms with E-state index in [2.05, 4.69) is 12.2 Å². The van der Waals surface area contributed by atoms with E-state index in [1.165, 1.54) is 19.3 Å². The largest absolute Gasteiger partial charge is 0.347 e. The maximum atomic E-state index is 13.3. The number of sulfonamides is 1. The Balaban J connectivity index is 1.38. The van der Waals surface area contributed by atoms with Crippen LogP contribution in [0.2, 0.25) is 0 Å². The molecule has 4 aliphatic carbocycles. The number of nitrogens with zero attached hydrogens (tertiary/aromatic N) is 1. The first-order chi connectivity index (χ1) is 14.2. The zero-order valence-corrected chi connectivity index (χ0v) is 19.0. The van der Waals surface area contributed by atoms with Crippen LogP contribution in [0.1, 0.15) is 74.2 Å². The van der Waals surface area contributed by atoms with E-state index in [-0.39, 0.29) is 16.3 Å². The number of rotatable bonds is 4. The molecular weight excluding hydrogens is 396 g/mol. The normalized spacial score (nSPS) is 34.3. The highest BCUT2D eigenvalue weighted by Crippen LogP contribution is 2.55. The second kappa shape index (κ2) is 7.33. The van der Waals surface area contributed by atoms with Gasteiger partial charge >= 0.3 is 0 Å². The summed E-state index contributed by atoms with van der Waals surface area (Å²) >= 11 is 0. The van der Waals surface area contributed by atoms with Crippen molar-refractivity contribution in [3.63, 3.8) is 0 Å². The Morgan fingerprint density at radius 2 is 1.60 bits per heavy atom. The second-order valence-electron chi connectivity index (χ2n) is 10.7. The van der Waals surface area contributed by atoms with Crippen molar-refractivity contribution in [1.82, 2.24) is 9.62 Å². The monoisotopic (exact) mass is 430 g/mol. The number of nitrogens with one attached hydrogen (secondary N) is 1. The molecule has 1 heterocycles. The second-order valence-corrected chi connectivity index (χ2v) is 12.7. The van der Waals surface area contributed by atoms with Crippen LogP contribution in [0, 0.1) is 30.6 Å². The van der Waals surface area contributed by atoms with Crippen LogP contribution in [0.5, 0.6) is 0 Å². The van der Waals surface area contributed by atoms with Gasteiger partial charge in [0.2, 0.25) is 10.0 Å². The molecule has 0 spiro atoms. The molecule has 5 aliphatic rings. The molecule has 0 aromatic heterocycles. The van der Waals surface area contributed by atoms with Gasteiger partial charge in [0, 0.05) is 24.2 Å². The Hall–Kier alpha value is -1.40. The highest BCUT2D eigenvalue weighted by atomic mass is 32.2. The number of amides is 1. The molecule has 1 amide bonds. The number of benzene rings is 1. The van der Waals surface area contributed by atoms with E-state index in [1.807, 2.05) is 6.92 Å². The Morgan fingerprint density at radius 3 is 2.17 bits per heavy atom. The van der Waals surface area contributed by atoms with Crippen molar-refractivity contribution in [3.8, 4) is 0 Å². The zero-order valence-electron chi connectivity index (χ0n) is 18.2. The summed E-state index contributed by atoms with van der Waals surface area (Å²) in [5.74, 6) is 2.73. The van der Waals surface area contributed by atoms with Crippen LogP contribution in [0.3, 0.4) is 0 Å². The Morgan fingerprint density at radius 1 is 1.03 bits per heavy atom. The third-order valence-electron chi connectivity index (χ3n) is 8.25. The molecule has 1 saturated heterocycles. The van der Waals surface area contributed by atoms with Gasteiger partial charge in [-0.05, 0) is 99.7 Å². The van der Waals surface area contributed by atoms with Gasteiger partial charge in [0.25, 0.3) is 5.91 Å². The van der Waals surface area contributed by atoms with E-state index < -0.39 is 10.0 Å². The number of carbonyl (C=O) groups excluding carboxylic acids is 1. The van der Waals surface area contributed by atoms with Gasteiger partial charge in [-0.25, -0.2) is 8.42 Å². The van der Waals surface area contributed by atoms with Gasteiger partial charge in [-0.3, -0.25) is 4.79 Å². The molecule has 6 heteroatoms. The van der Waals surface area contributed by atoms with Crippen LogP contribution in [-0.2, 0) is 10.0 Å². The third-order valence-corrected chi connectivity index (χ3v) is 10.1. The maximum Gasteiger partial charge on any atom is 0.252 e. The lowest BCUT2D eigenvalue weighted by molar-refractivity contribution is -0.0167. The molecule has 1 aromatic carbocycles. The van der Waals surface area contributed by atoms with Crippen LogP contribution in [0.15, 0.2) is 23.1 Å². The molecule has 0 radical (unpaired) electrons. The summed E-state index contributed by atoms with van der Waals surface area (Å²) in [5, 5.41) is 3.40. The van der Waals surface area contributed by atoms with E-state index in [0.29, 0.717) is 24.6 Å². The highest BCUT2D eigenvalue weighted by molar-refractivity contribution is 7.89. The van der Waals surface area contributed by atoms with Crippen LogP contribution >= 0.6 is 0 Å². The minimum atomic E-state index is -3.56. The summed E-state index contributed by atoms with van der Waals surface area (Å²) in [4.78, 5) is 13.6. The lowest BCUT2D eigenvalue weighted by Crippen LogP contribution is -2.59. The molecule has 4 bridgehead atoms. The topological polar surface area (TPSA) is 66.5 Å². The van der Waals surface area contributed by atoms with Crippen molar-refractivity contribution in [1.29, 1.82) is 0 Å². The molecule has 4 saturated carbocycles. The summed E-state index contributed by atoms with van der Waals surface area (Å²) in [5.41, 5.74) is 1.27. The lowest BCUT2D eigenvalue weighted by Gasteiger charge is -2.56. The lowest BCUT2D eigenvalue weighted by atomic mass is 9.53. The predicted octanol–water partition coefficient (Wildman–Crippen LogP) is 4.11. The molecule has 0 atom stereocenters. The first kappa shape index (κ1) is 20.5. The molecule has 5 fully saturated rings. The van der Waals surface area contributed by atoms with Gasteiger partial charge in [0.05, 0.1) is 4.90 Å². The third kappa shape index (κ3) is 3.60. The first-order valence-corrected chi connectivity index (χ1v) is 13.1. The fourth-order valence-corrected chi connectivity index (χ4v) is 8.45. The number of piperidine rings is 1. The summed E-state index contributed by atoms with van der Waals surface area (Å²) in [6, 6.07) is 5.05. The Labute approximate surface area is 180 Å². The molecule has 30 heavy (non-hydrogen) atoms. The van der Waals surface area contributed by atoms with Crippen LogP contribution < -0.4 is 5.32 Å². The van der Waals surface area contributed by atoms with Gasteiger partial charge in [-0.15, -0.1) is 0 Å². The van der Waals surface area contributed by atoms with Gasteiger partial charge in [-0.2, -0.15) is 4.31 Å². The standard InChI is InChI=1S/C24H34N2O3S/c1-16-5-7-26(8-6-16)30(28,29)21-4-3-17(2)22(12-21)23(27)25-24-13-18-9-19(14-24)11-20(10-18)15-24/h3-4,12,16,18-20H,5-11,13-15H2,1-2H3,(H,25,27). The summed E-state index contributed by atoms with van der Waals surface area (Å²) in [7, 11) is -3.56. The maximum absolute atomic E-state index is 13.3. The highest BCUT2D eigenvalue weighted by Gasteiger charge is 2.51. The van der Waals surface area contributed by atoms with E-state index in [0.717, 1.165) is 55.4 Å². The molecule has 6 rings (SSSR count). The van der Waals surface area contributed by atoms with Crippen molar-refractivity contribution in [3.05, 3.63) is 29.3 Å². The van der Waals surface area contributed by atoms with E-state index in [9.17, 15) is 13.2 Å². The van der Waals surface area contributed by atoms with Crippen molar-refractivity contribution in [2.45, 2.75) is 75.6 Å². The van der Waals surface area contributed by atoms with Crippen molar-refractivity contribution < 1.29 is 13.2 Å². The first-order valence-electron chi connectivity index (χ1n) is 11.7. The van der Waals surface area contributed by atoms with Gasteiger partial charge in [-0.1, -0.05) is 13.0 Å². The minimum Gasteiger partial charge on any atom is -0.347 e. The van der Waals surface area contributed by atoms with Gasteiger partial charge in [0.1, 0.15) is 0 Å². The van der Waals surface area contributed by atoms with E-state index in [1.54, 1.807) is 22.5 Å². The van der Waals surface area contributed by atoms with Crippen LogP contribution in [-0.4, -0.2) is 37.3 Å². The number of hydrogen-bond donors (Lipinski definition) is 1. The fourth-order valence-electron chi connectivity index (χ4n) is 6.95. The SMILES string of the molecule is Cc1ccc(S(=O)(=O)N2CCC(C)CC2)cc1C(=O)NC12CC3CC(CC(C3)C1)C2. The van der Waals surface area contributed by atoms with Crippen LogP contribution in [0.25, 0.3) is 0 Å². The van der Waals surface area contributed by atoms with E-state index in [4.69, 9.17) is 0 Å². The molecule has 164 valence electrons. The number of carbonyl (C=O) groups is 1. The molecule has 1 aliphatic heterocycles.